The van der Waals surface area contributed by atoms with Crippen LogP contribution in [0, 0.1) is 0 Å². The van der Waals surface area contributed by atoms with Crippen LogP contribution in [0.5, 0.6) is 0 Å². The lowest BCUT2D eigenvalue weighted by Crippen LogP contribution is -2.22. The minimum Gasteiger partial charge on any atom is -0.139 e. The van der Waals surface area contributed by atoms with Crippen molar-refractivity contribution < 1.29 is 0 Å². The van der Waals surface area contributed by atoms with Crippen molar-refractivity contribution in [1.82, 2.24) is 0 Å². The first kappa shape index (κ1) is 19.4. The Hall–Kier alpha value is -1.90. The Labute approximate surface area is 177 Å². The van der Waals surface area contributed by atoms with E-state index in [4.69, 9.17) is 0 Å². The van der Waals surface area contributed by atoms with Gasteiger partial charge in [-0.05, 0) is 53.0 Å². The van der Waals surface area contributed by atoms with Crippen LogP contribution in [0.4, 0.5) is 0 Å². The monoisotopic (exact) mass is 402 g/mol. The van der Waals surface area contributed by atoms with Gasteiger partial charge < -0.3 is 0 Å². The number of hydrogen-bond donors (Lipinski definition) is 0. The van der Waals surface area contributed by atoms with Crippen LogP contribution in [0.1, 0.15) is 36.0 Å². The normalized spacial score (nSPS) is 15.7. The van der Waals surface area contributed by atoms with E-state index in [2.05, 4.69) is 121 Å². The zero-order chi connectivity index (χ0) is 19.1. The quantitative estimate of drug-likeness (QED) is 0.416. The molecule has 0 N–H and O–H groups in total. The van der Waals surface area contributed by atoms with E-state index < -0.39 is 0 Å². The summed E-state index contributed by atoms with van der Waals surface area (Å²) in [7, 11) is 0. The van der Waals surface area contributed by atoms with E-state index in [0.717, 1.165) is 12.8 Å². The molecule has 0 spiro atoms. The number of rotatable bonds is 6. The average molecular weight is 403 g/mol. The number of allylic oxidation sites excluding steroid dienone is 1. The summed E-state index contributed by atoms with van der Waals surface area (Å²) in [5, 5.41) is 0. The molecule has 0 atom stereocenters. The van der Waals surface area contributed by atoms with Crippen LogP contribution in [0.2, 0.25) is 0 Å². The Bertz CT molecular complexity index is 838. The maximum Gasteiger partial charge on any atom is 0.0863 e. The fourth-order valence-electron chi connectivity index (χ4n) is 3.77. The summed E-state index contributed by atoms with van der Waals surface area (Å²) >= 11 is 4.28. The van der Waals surface area contributed by atoms with Crippen molar-refractivity contribution in [1.29, 1.82) is 0 Å². The van der Waals surface area contributed by atoms with Crippen molar-refractivity contribution in [2.75, 3.05) is 11.5 Å². The molecule has 0 amide bonds. The van der Waals surface area contributed by atoms with Gasteiger partial charge in [-0.15, -0.1) is 23.5 Å². The molecule has 4 rings (SSSR count). The molecule has 0 radical (unpaired) electrons. The first-order valence-corrected chi connectivity index (χ1v) is 12.0. The molecule has 1 aliphatic rings. The number of thioether (sulfide) groups is 2. The van der Waals surface area contributed by atoms with Gasteiger partial charge in [-0.2, -0.15) is 0 Å². The molecule has 0 unspecified atom stereocenters. The van der Waals surface area contributed by atoms with Crippen LogP contribution in [0.3, 0.4) is 0 Å². The Morgan fingerprint density at radius 2 is 1.21 bits per heavy atom. The second-order valence-electron chi connectivity index (χ2n) is 7.06. The topological polar surface area (TPSA) is 0 Å². The van der Waals surface area contributed by atoms with Gasteiger partial charge in [-0.3, -0.25) is 0 Å². The fraction of sp³-hybridized carbons (Fsp3) is 0.231. The van der Waals surface area contributed by atoms with Gasteiger partial charge in [0, 0.05) is 0 Å². The van der Waals surface area contributed by atoms with E-state index in [9.17, 15) is 0 Å². The van der Waals surface area contributed by atoms with E-state index in [1.165, 1.54) is 40.2 Å². The standard InChI is InChI=1S/C26H26S2/c1-4-12-22(13-5-1)25(23-14-6-2-7-15-23)18-10-19-26(27-20-11-21-28-26)24-16-8-3-9-17-24/h1-9,12-18H,10-11,19-21H2. The van der Waals surface area contributed by atoms with Gasteiger partial charge >= 0.3 is 0 Å². The Balaban J connectivity index is 1.61. The predicted molar refractivity (Wildman–Crippen MR) is 127 cm³/mol. The van der Waals surface area contributed by atoms with Crippen molar-refractivity contribution in [2.24, 2.45) is 0 Å². The minimum absolute atomic E-state index is 0.189. The van der Waals surface area contributed by atoms with Crippen LogP contribution in [-0.2, 0) is 4.08 Å². The molecule has 2 heteroatoms. The van der Waals surface area contributed by atoms with Gasteiger partial charge in [0.1, 0.15) is 0 Å². The highest BCUT2D eigenvalue weighted by atomic mass is 32.2. The first-order chi connectivity index (χ1) is 13.9. The zero-order valence-corrected chi connectivity index (χ0v) is 17.7. The largest absolute Gasteiger partial charge is 0.139 e. The highest BCUT2D eigenvalue weighted by Gasteiger charge is 2.34. The van der Waals surface area contributed by atoms with Crippen molar-refractivity contribution in [3.8, 4) is 0 Å². The summed E-state index contributed by atoms with van der Waals surface area (Å²) in [6.07, 6.45) is 6.01. The van der Waals surface area contributed by atoms with Gasteiger partial charge in [0.2, 0.25) is 0 Å². The third kappa shape index (κ3) is 4.56. The van der Waals surface area contributed by atoms with E-state index >= 15 is 0 Å². The molecule has 1 heterocycles. The lowest BCUT2D eigenvalue weighted by molar-refractivity contribution is 0.762. The molecule has 3 aromatic carbocycles. The third-order valence-electron chi connectivity index (χ3n) is 5.16. The van der Waals surface area contributed by atoms with Gasteiger partial charge in [0.05, 0.1) is 4.08 Å². The van der Waals surface area contributed by atoms with Crippen LogP contribution in [0.15, 0.2) is 97.1 Å². The summed E-state index contributed by atoms with van der Waals surface area (Å²) in [5.74, 6) is 2.52. The SMILES string of the molecule is C(CCC1(c2ccccc2)SCCCS1)=C(c1ccccc1)c1ccccc1. The summed E-state index contributed by atoms with van der Waals surface area (Å²) in [5.41, 5.74) is 5.41. The van der Waals surface area contributed by atoms with E-state index in [-0.39, 0.29) is 4.08 Å². The smallest absolute Gasteiger partial charge is 0.0863 e. The predicted octanol–water partition coefficient (Wildman–Crippen LogP) is 7.62. The Morgan fingerprint density at radius 1 is 0.714 bits per heavy atom. The lowest BCUT2D eigenvalue weighted by Gasteiger charge is -2.36. The van der Waals surface area contributed by atoms with Crippen molar-refractivity contribution in [3.05, 3.63) is 114 Å². The molecule has 1 aliphatic heterocycles. The maximum atomic E-state index is 2.45. The third-order valence-corrected chi connectivity index (χ3v) is 8.67. The van der Waals surface area contributed by atoms with E-state index in [1.807, 2.05) is 0 Å². The first-order valence-electron chi connectivity index (χ1n) is 10.0. The van der Waals surface area contributed by atoms with Crippen molar-refractivity contribution in [2.45, 2.75) is 23.3 Å². The molecule has 28 heavy (non-hydrogen) atoms. The summed E-state index contributed by atoms with van der Waals surface area (Å²) < 4.78 is 0.189. The van der Waals surface area contributed by atoms with Crippen molar-refractivity contribution >= 4 is 29.1 Å². The van der Waals surface area contributed by atoms with E-state index in [1.54, 1.807) is 0 Å². The highest BCUT2D eigenvalue weighted by Crippen LogP contribution is 2.53. The van der Waals surface area contributed by atoms with E-state index in [0.29, 0.717) is 0 Å². The maximum absolute atomic E-state index is 2.45. The van der Waals surface area contributed by atoms with Gasteiger partial charge in [-0.1, -0.05) is 97.1 Å². The average Bonchev–Trinajstić information content (AvgIpc) is 2.79. The van der Waals surface area contributed by atoms with Gasteiger partial charge in [0.15, 0.2) is 0 Å². The zero-order valence-electron chi connectivity index (χ0n) is 16.1. The molecular formula is C26H26S2. The lowest BCUT2D eigenvalue weighted by atomic mass is 9.96. The molecule has 0 nitrogen and oxygen atoms in total. The molecule has 1 saturated heterocycles. The number of hydrogen-bond acceptors (Lipinski definition) is 2. The van der Waals surface area contributed by atoms with Crippen LogP contribution in [0.25, 0.3) is 5.57 Å². The molecule has 0 aliphatic carbocycles. The van der Waals surface area contributed by atoms with Gasteiger partial charge in [-0.25, -0.2) is 0 Å². The second kappa shape index (κ2) is 9.54. The number of benzene rings is 3. The summed E-state index contributed by atoms with van der Waals surface area (Å²) in [4.78, 5) is 0. The van der Waals surface area contributed by atoms with Gasteiger partial charge in [0.25, 0.3) is 0 Å². The Kier molecular flexibility index (Phi) is 6.61. The molecule has 3 aromatic rings. The molecule has 0 aromatic heterocycles. The molecule has 0 saturated carbocycles. The summed E-state index contributed by atoms with van der Waals surface area (Å²) in [6.45, 7) is 0. The fourth-order valence-corrected chi connectivity index (χ4v) is 7.15. The minimum atomic E-state index is 0.189. The van der Waals surface area contributed by atoms with Crippen LogP contribution < -0.4 is 0 Å². The molecule has 1 fully saturated rings. The molecular weight excluding hydrogens is 376 g/mol. The highest BCUT2D eigenvalue weighted by molar-refractivity contribution is 8.18. The Morgan fingerprint density at radius 3 is 1.75 bits per heavy atom. The van der Waals surface area contributed by atoms with Crippen molar-refractivity contribution in [3.63, 3.8) is 0 Å². The molecule has 0 bridgehead atoms. The second-order valence-corrected chi connectivity index (χ2v) is 10.1. The molecule has 142 valence electrons. The van der Waals surface area contributed by atoms with Crippen LogP contribution in [-0.4, -0.2) is 11.5 Å². The van der Waals surface area contributed by atoms with Crippen LogP contribution >= 0.6 is 23.5 Å². The summed E-state index contributed by atoms with van der Waals surface area (Å²) in [6, 6.07) is 32.7.